The summed E-state index contributed by atoms with van der Waals surface area (Å²) in [5.41, 5.74) is 3.00. The van der Waals surface area contributed by atoms with Crippen molar-refractivity contribution in [2.75, 3.05) is 7.11 Å². The Bertz CT molecular complexity index is 1180. The van der Waals surface area contributed by atoms with Gasteiger partial charge < -0.3 is 19.2 Å². The zero-order valence-corrected chi connectivity index (χ0v) is 17.6. The fourth-order valence-electron chi connectivity index (χ4n) is 3.91. The number of amides is 1. The lowest BCUT2D eigenvalue weighted by molar-refractivity contribution is -0.140. The van der Waals surface area contributed by atoms with Gasteiger partial charge in [-0.3, -0.25) is 9.59 Å². The largest absolute Gasteiger partial charge is 0.507 e. The first-order chi connectivity index (χ1) is 14.9. The number of hydrogen-bond acceptors (Lipinski definition) is 5. The van der Waals surface area contributed by atoms with Crippen molar-refractivity contribution >= 4 is 17.4 Å². The number of ketones is 1. The maximum atomic E-state index is 13.1. The van der Waals surface area contributed by atoms with E-state index >= 15 is 0 Å². The van der Waals surface area contributed by atoms with Gasteiger partial charge in [0.05, 0.1) is 31.5 Å². The molecule has 0 aliphatic carbocycles. The van der Waals surface area contributed by atoms with Gasteiger partial charge in [0.25, 0.3) is 11.7 Å². The van der Waals surface area contributed by atoms with Crippen molar-refractivity contribution in [1.82, 2.24) is 4.90 Å². The van der Waals surface area contributed by atoms with Crippen molar-refractivity contribution in [1.29, 1.82) is 0 Å². The highest BCUT2D eigenvalue weighted by Crippen LogP contribution is 2.41. The molecule has 0 spiro atoms. The summed E-state index contributed by atoms with van der Waals surface area (Å²) in [5.74, 6) is -0.461. The first-order valence-corrected chi connectivity index (χ1v) is 9.93. The molecule has 158 valence electrons. The van der Waals surface area contributed by atoms with Crippen LogP contribution in [0.3, 0.4) is 0 Å². The Morgan fingerprint density at radius 1 is 1.10 bits per heavy atom. The lowest BCUT2D eigenvalue weighted by Gasteiger charge is -2.25. The molecular weight excluding hydrogens is 394 g/mol. The highest BCUT2D eigenvalue weighted by atomic mass is 16.5. The first-order valence-electron chi connectivity index (χ1n) is 9.93. The Labute approximate surface area is 180 Å². The summed E-state index contributed by atoms with van der Waals surface area (Å²) in [5, 5.41) is 11.2. The molecule has 2 heterocycles. The maximum Gasteiger partial charge on any atom is 0.296 e. The van der Waals surface area contributed by atoms with E-state index in [4.69, 9.17) is 9.15 Å². The van der Waals surface area contributed by atoms with E-state index in [-0.39, 0.29) is 17.9 Å². The van der Waals surface area contributed by atoms with Gasteiger partial charge in [0, 0.05) is 5.56 Å². The number of methoxy groups -OCH3 is 1. The van der Waals surface area contributed by atoms with Gasteiger partial charge in [-0.1, -0.05) is 29.8 Å². The van der Waals surface area contributed by atoms with Crippen LogP contribution < -0.4 is 4.74 Å². The number of aliphatic hydroxyl groups excluding tert-OH is 1. The third-order valence-corrected chi connectivity index (χ3v) is 5.50. The van der Waals surface area contributed by atoms with Gasteiger partial charge in [0.2, 0.25) is 0 Å². The second-order valence-electron chi connectivity index (χ2n) is 7.60. The third kappa shape index (κ3) is 3.72. The summed E-state index contributed by atoms with van der Waals surface area (Å²) < 4.78 is 10.8. The number of furan rings is 1. The van der Waals surface area contributed by atoms with Gasteiger partial charge in [-0.2, -0.15) is 0 Å². The van der Waals surface area contributed by atoms with E-state index in [1.165, 1.54) is 11.2 Å². The zero-order chi connectivity index (χ0) is 22.1. The lowest BCUT2D eigenvalue weighted by Crippen LogP contribution is -2.29. The standard InChI is InChI=1S/C25H23NO5/c1-15-9-10-16(2)20(12-15)23(27)21-22(17-6-4-7-18(13-17)30-3)26(25(29)24(21)28)14-19-8-5-11-31-19/h4-13,22,27H,14H2,1-3H3. The molecule has 0 bridgehead atoms. The predicted octanol–water partition coefficient (Wildman–Crippen LogP) is 4.53. The summed E-state index contributed by atoms with van der Waals surface area (Å²) in [6, 6.07) is 15.5. The first kappa shape index (κ1) is 20.5. The molecule has 1 saturated heterocycles. The van der Waals surface area contributed by atoms with Crippen molar-refractivity contribution in [2.45, 2.75) is 26.4 Å². The second-order valence-corrected chi connectivity index (χ2v) is 7.60. The van der Waals surface area contributed by atoms with Gasteiger partial charge in [-0.15, -0.1) is 0 Å². The highest BCUT2D eigenvalue weighted by Gasteiger charge is 2.46. The molecule has 6 nitrogen and oxygen atoms in total. The summed E-state index contributed by atoms with van der Waals surface area (Å²) >= 11 is 0. The van der Waals surface area contributed by atoms with Crippen LogP contribution in [0.15, 0.2) is 70.9 Å². The van der Waals surface area contributed by atoms with E-state index in [1.54, 1.807) is 37.4 Å². The molecule has 1 unspecified atom stereocenters. The van der Waals surface area contributed by atoms with Gasteiger partial charge in [0.1, 0.15) is 17.3 Å². The van der Waals surface area contributed by atoms with Gasteiger partial charge in [0.15, 0.2) is 0 Å². The van der Waals surface area contributed by atoms with Crippen LogP contribution >= 0.6 is 0 Å². The molecule has 1 aromatic heterocycles. The van der Waals surface area contributed by atoms with E-state index in [2.05, 4.69) is 0 Å². The van der Waals surface area contributed by atoms with Gasteiger partial charge in [-0.05, 0) is 55.3 Å². The van der Waals surface area contributed by atoms with Crippen molar-refractivity contribution in [2.24, 2.45) is 0 Å². The van der Waals surface area contributed by atoms with E-state index in [9.17, 15) is 14.7 Å². The number of nitrogens with zero attached hydrogens (tertiary/aromatic N) is 1. The Kier molecular flexibility index (Phi) is 5.38. The van der Waals surface area contributed by atoms with Crippen LogP contribution in [0.5, 0.6) is 5.75 Å². The number of aryl methyl sites for hydroxylation is 2. The minimum absolute atomic E-state index is 0.0542. The molecular formula is C25H23NO5. The molecule has 1 N–H and O–H groups in total. The molecule has 1 atom stereocenters. The Morgan fingerprint density at radius 3 is 2.61 bits per heavy atom. The number of carbonyl (C=O) groups is 2. The number of Topliss-reactive ketones (excluding diaryl/α,β-unsaturated/α-hetero) is 1. The van der Waals surface area contributed by atoms with Crippen LogP contribution in [0, 0.1) is 13.8 Å². The van der Waals surface area contributed by atoms with Crippen molar-refractivity contribution in [3.63, 3.8) is 0 Å². The number of likely N-dealkylation sites (tertiary alicyclic amines) is 1. The molecule has 3 aromatic rings. The fourth-order valence-corrected chi connectivity index (χ4v) is 3.91. The predicted molar refractivity (Wildman–Crippen MR) is 115 cm³/mol. The molecule has 1 aliphatic heterocycles. The third-order valence-electron chi connectivity index (χ3n) is 5.50. The number of rotatable bonds is 5. The van der Waals surface area contributed by atoms with Gasteiger partial charge >= 0.3 is 0 Å². The van der Waals surface area contributed by atoms with Crippen molar-refractivity contribution in [3.8, 4) is 5.75 Å². The minimum Gasteiger partial charge on any atom is -0.507 e. The van der Waals surface area contributed by atoms with Crippen molar-refractivity contribution < 1.29 is 23.8 Å². The average Bonchev–Trinajstić information content (AvgIpc) is 3.37. The number of ether oxygens (including phenoxy) is 1. The molecule has 0 radical (unpaired) electrons. The lowest BCUT2D eigenvalue weighted by atomic mass is 9.93. The molecule has 6 heteroatoms. The van der Waals surface area contributed by atoms with E-state index in [1.807, 2.05) is 38.1 Å². The minimum atomic E-state index is -0.778. The summed E-state index contributed by atoms with van der Waals surface area (Å²) in [6.45, 7) is 3.86. The highest BCUT2D eigenvalue weighted by molar-refractivity contribution is 6.46. The van der Waals surface area contributed by atoms with E-state index < -0.39 is 17.7 Å². The Hall–Kier alpha value is -3.80. The Balaban J connectivity index is 1.92. The van der Waals surface area contributed by atoms with Gasteiger partial charge in [-0.25, -0.2) is 0 Å². The van der Waals surface area contributed by atoms with Crippen LogP contribution in [0.25, 0.3) is 5.76 Å². The maximum absolute atomic E-state index is 13.1. The zero-order valence-electron chi connectivity index (χ0n) is 17.6. The quantitative estimate of drug-likeness (QED) is 0.375. The van der Waals surface area contributed by atoms with Crippen LogP contribution in [0.1, 0.15) is 34.1 Å². The number of hydrogen-bond donors (Lipinski definition) is 1. The molecule has 31 heavy (non-hydrogen) atoms. The van der Waals surface area contributed by atoms with Crippen LogP contribution in [-0.2, 0) is 16.1 Å². The van der Waals surface area contributed by atoms with E-state index in [0.717, 1.165) is 11.1 Å². The number of carbonyl (C=O) groups excluding carboxylic acids is 2. The SMILES string of the molecule is COc1cccc(C2C(=C(O)c3cc(C)ccc3C)C(=O)C(=O)N2Cc2ccco2)c1. The molecule has 0 saturated carbocycles. The monoisotopic (exact) mass is 417 g/mol. The van der Waals surface area contributed by atoms with E-state index in [0.29, 0.717) is 22.6 Å². The van der Waals surface area contributed by atoms with Crippen molar-refractivity contribution in [3.05, 3.63) is 94.4 Å². The molecule has 4 rings (SSSR count). The summed E-state index contributed by atoms with van der Waals surface area (Å²) in [7, 11) is 1.55. The van der Waals surface area contributed by atoms with Crippen LogP contribution in [-0.4, -0.2) is 28.8 Å². The van der Waals surface area contributed by atoms with Crippen LogP contribution in [0.2, 0.25) is 0 Å². The Morgan fingerprint density at radius 2 is 1.90 bits per heavy atom. The molecule has 1 fully saturated rings. The molecule has 2 aromatic carbocycles. The smallest absolute Gasteiger partial charge is 0.296 e. The average molecular weight is 417 g/mol. The fraction of sp³-hybridized carbons (Fsp3) is 0.200. The number of benzene rings is 2. The normalized spacial score (nSPS) is 17.9. The summed E-state index contributed by atoms with van der Waals surface area (Å²) in [4.78, 5) is 27.6. The number of aliphatic hydroxyl groups is 1. The summed E-state index contributed by atoms with van der Waals surface area (Å²) in [6.07, 6.45) is 1.52. The van der Waals surface area contributed by atoms with Crippen LogP contribution in [0.4, 0.5) is 0 Å². The second kappa shape index (κ2) is 8.14. The molecule has 1 amide bonds. The topological polar surface area (TPSA) is 80.0 Å². The molecule has 1 aliphatic rings.